The monoisotopic (exact) mass is 264 g/mol. The fourth-order valence-electron chi connectivity index (χ4n) is 3.29. The van der Waals surface area contributed by atoms with Crippen molar-refractivity contribution >= 4 is 17.2 Å². The first kappa shape index (κ1) is 12.2. The molecule has 3 nitrogen and oxygen atoms in total. The fraction of sp³-hybridized carbons (Fsp3) is 0.643. The van der Waals surface area contributed by atoms with Crippen molar-refractivity contribution < 1.29 is 4.79 Å². The summed E-state index contributed by atoms with van der Waals surface area (Å²) in [6.45, 7) is 3.02. The highest BCUT2D eigenvalue weighted by Crippen LogP contribution is 2.35. The highest BCUT2D eigenvalue weighted by Gasteiger charge is 2.35. The van der Waals surface area contributed by atoms with Gasteiger partial charge in [0.25, 0.3) is 0 Å². The molecule has 4 heteroatoms. The van der Waals surface area contributed by atoms with Crippen molar-refractivity contribution in [3.63, 3.8) is 0 Å². The van der Waals surface area contributed by atoms with Gasteiger partial charge in [0.15, 0.2) is 0 Å². The molecule has 1 saturated carbocycles. The molecular formula is C14H20N2OS. The van der Waals surface area contributed by atoms with Crippen molar-refractivity contribution in [3.05, 3.63) is 21.9 Å². The van der Waals surface area contributed by atoms with Crippen LogP contribution in [0.1, 0.15) is 42.7 Å². The highest BCUT2D eigenvalue weighted by atomic mass is 32.1. The Morgan fingerprint density at radius 1 is 1.50 bits per heavy atom. The van der Waals surface area contributed by atoms with Crippen molar-refractivity contribution in [2.45, 2.75) is 44.7 Å². The number of nitrogens with two attached hydrogens (primary N) is 1. The van der Waals surface area contributed by atoms with Crippen molar-refractivity contribution in [3.8, 4) is 0 Å². The summed E-state index contributed by atoms with van der Waals surface area (Å²) < 4.78 is 0. The maximum Gasteiger partial charge on any atom is 0.226 e. The molecule has 3 rings (SSSR count). The minimum absolute atomic E-state index is 0.169. The maximum atomic E-state index is 12.6. The molecule has 2 N–H and O–H groups in total. The Morgan fingerprint density at radius 2 is 2.33 bits per heavy atom. The number of hydrogen-bond donors (Lipinski definition) is 1. The van der Waals surface area contributed by atoms with Gasteiger partial charge in [-0.1, -0.05) is 0 Å². The highest BCUT2D eigenvalue weighted by molar-refractivity contribution is 7.10. The van der Waals surface area contributed by atoms with Crippen LogP contribution in [0.2, 0.25) is 0 Å². The van der Waals surface area contributed by atoms with Gasteiger partial charge in [0, 0.05) is 23.4 Å². The lowest BCUT2D eigenvalue weighted by Gasteiger charge is -2.35. The SMILES string of the molecule is CC1c2ccsc2CCN1C(=O)C1CCC(N)C1. The van der Waals surface area contributed by atoms with Crippen LogP contribution in [0.5, 0.6) is 0 Å². The van der Waals surface area contributed by atoms with E-state index in [1.807, 2.05) is 11.3 Å². The molecule has 1 aliphatic heterocycles. The Balaban J connectivity index is 1.76. The zero-order chi connectivity index (χ0) is 12.7. The van der Waals surface area contributed by atoms with Crippen LogP contribution in [0, 0.1) is 5.92 Å². The van der Waals surface area contributed by atoms with E-state index in [4.69, 9.17) is 5.73 Å². The van der Waals surface area contributed by atoms with E-state index in [1.165, 1.54) is 10.4 Å². The average Bonchev–Trinajstić information content (AvgIpc) is 2.97. The van der Waals surface area contributed by atoms with Crippen LogP contribution >= 0.6 is 11.3 Å². The van der Waals surface area contributed by atoms with Crippen LogP contribution in [0.3, 0.4) is 0 Å². The summed E-state index contributed by atoms with van der Waals surface area (Å²) in [7, 11) is 0. The fourth-order valence-corrected chi connectivity index (χ4v) is 4.25. The lowest BCUT2D eigenvalue weighted by atomic mass is 9.98. The predicted octanol–water partition coefficient (Wildman–Crippen LogP) is 2.32. The van der Waals surface area contributed by atoms with E-state index in [2.05, 4.69) is 23.3 Å². The average molecular weight is 264 g/mol. The van der Waals surface area contributed by atoms with Gasteiger partial charge in [-0.25, -0.2) is 0 Å². The summed E-state index contributed by atoms with van der Waals surface area (Å²) in [5.41, 5.74) is 7.27. The molecule has 0 spiro atoms. The quantitative estimate of drug-likeness (QED) is 0.846. The number of thiophene rings is 1. The summed E-state index contributed by atoms with van der Waals surface area (Å²) in [6.07, 6.45) is 3.86. The van der Waals surface area contributed by atoms with Gasteiger partial charge in [0.1, 0.15) is 0 Å². The number of rotatable bonds is 1. The predicted molar refractivity (Wildman–Crippen MR) is 73.5 cm³/mol. The van der Waals surface area contributed by atoms with Crippen LogP contribution in [-0.2, 0) is 11.2 Å². The van der Waals surface area contributed by atoms with Gasteiger partial charge in [-0.05, 0) is 49.6 Å². The molecular weight excluding hydrogens is 244 g/mol. The van der Waals surface area contributed by atoms with Crippen LogP contribution < -0.4 is 5.73 Å². The van der Waals surface area contributed by atoms with E-state index in [-0.39, 0.29) is 18.0 Å². The van der Waals surface area contributed by atoms with Crippen LogP contribution in [0.25, 0.3) is 0 Å². The third kappa shape index (κ3) is 1.97. The molecule has 3 unspecified atom stereocenters. The second-order valence-corrected chi connectivity index (χ2v) is 6.53. The maximum absolute atomic E-state index is 12.6. The number of carbonyl (C=O) groups is 1. The summed E-state index contributed by atoms with van der Waals surface area (Å²) in [6, 6.07) is 2.64. The molecule has 1 aliphatic carbocycles. The van der Waals surface area contributed by atoms with Gasteiger partial charge >= 0.3 is 0 Å². The Bertz CT molecular complexity index is 456. The summed E-state index contributed by atoms with van der Waals surface area (Å²) in [5.74, 6) is 0.495. The topological polar surface area (TPSA) is 46.3 Å². The molecule has 0 aromatic carbocycles. The largest absolute Gasteiger partial charge is 0.335 e. The first-order valence-corrected chi connectivity index (χ1v) is 7.67. The number of nitrogens with zero attached hydrogens (tertiary/aromatic N) is 1. The molecule has 2 aliphatic rings. The second-order valence-electron chi connectivity index (χ2n) is 5.53. The van der Waals surface area contributed by atoms with Crippen molar-refractivity contribution in [2.24, 2.45) is 11.7 Å². The molecule has 1 amide bonds. The van der Waals surface area contributed by atoms with E-state index in [9.17, 15) is 4.79 Å². The molecule has 0 bridgehead atoms. The zero-order valence-electron chi connectivity index (χ0n) is 10.8. The molecule has 2 heterocycles. The van der Waals surface area contributed by atoms with Crippen LogP contribution in [-0.4, -0.2) is 23.4 Å². The standard InChI is InChI=1S/C14H20N2OS/c1-9-12-5-7-18-13(12)4-6-16(9)14(17)10-2-3-11(15)8-10/h5,7,9-11H,2-4,6,8,15H2,1H3. The van der Waals surface area contributed by atoms with E-state index < -0.39 is 0 Å². The molecule has 1 fully saturated rings. The minimum Gasteiger partial charge on any atom is -0.335 e. The van der Waals surface area contributed by atoms with Gasteiger partial charge in [-0.2, -0.15) is 0 Å². The smallest absolute Gasteiger partial charge is 0.226 e. The number of carbonyl (C=O) groups excluding carboxylic acids is 1. The Kier molecular flexibility index (Phi) is 3.16. The third-order valence-corrected chi connectivity index (χ3v) is 5.38. The molecule has 0 saturated heterocycles. The van der Waals surface area contributed by atoms with E-state index in [0.717, 1.165) is 32.2 Å². The van der Waals surface area contributed by atoms with E-state index in [0.29, 0.717) is 5.91 Å². The summed E-state index contributed by atoms with van der Waals surface area (Å²) >= 11 is 1.82. The Morgan fingerprint density at radius 3 is 3.06 bits per heavy atom. The second kappa shape index (κ2) is 4.67. The van der Waals surface area contributed by atoms with Gasteiger partial charge in [0.05, 0.1) is 6.04 Å². The molecule has 18 heavy (non-hydrogen) atoms. The summed E-state index contributed by atoms with van der Waals surface area (Å²) in [5, 5.41) is 2.14. The van der Waals surface area contributed by atoms with Crippen molar-refractivity contribution in [1.82, 2.24) is 4.90 Å². The van der Waals surface area contributed by atoms with Crippen molar-refractivity contribution in [2.75, 3.05) is 6.54 Å². The lowest BCUT2D eigenvalue weighted by molar-refractivity contribution is -0.138. The normalized spacial score (nSPS) is 31.4. The number of hydrogen-bond acceptors (Lipinski definition) is 3. The first-order valence-electron chi connectivity index (χ1n) is 6.79. The summed E-state index contributed by atoms with van der Waals surface area (Å²) in [4.78, 5) is 16.1. The van der Waals surface area contributed by atoms with Gasteiger partial charge in [-0.15, -0.1) is 11.3 Å². The molecule has 1 aromatic rings. The molecule has 1 aromatic heterocycles. The van der Waals surface area contributed by atoms with E-state index in [1.54, 1.807) is 0 Å². The Labute approximate surface area is 112 Å². The molecule has 0 radical (unpaired) electrons. The molecule has 3 atom stereocenters. The van der Waals surface area contributed by atoms with Gasteiger partial charge in [0.2, 0.25) is 5.91 Å². The van der Waals surface area contributed by atoms with Crippen LogP contribution in [0.15, 0.2) is 11.4 Å². The number of amides is 1. The first-order chi connectivity index (χ1) is 8.66. The molecule has 98 valence electrons. The van der Waals surface area contributed by atoms with Crippen molar-refractivity contribution in [1.29, 1.82) is 0 Å². The third-order valence-electron chi connectivity index (χ3n) is 4.38. The van der Waals surface area contributed by atoms with E-state index >= 15 is 0 Å². The lowest BCUT2D eigenvalue weighted by Crippen LogP contribution is -2.41. The number of fused-ring (bicyclic) bond motifs is 1. The van der Waals surface area contributed by atoms with Gasteiger partial charge < -0.3 is 10.6 Å². The van der Waals surface area contributed by atoms with Crippen LogP contribution in [0.4, 0.5) is 0 Å². The minimum atomic E-state index is 0.169. The zero-order valence-corrected chi connectivity index (χ0v) is 11.6. The Hall–Kier alpha value is -0.870. The van der Waals surface area contributed by atoms with Gasteiger partial charge in [-0.3, -0.25) is 4.79 Å².